The van der Waals surface area contributed by atoms with Crippen LogP contribution in [-0.2, 0) is 32.7 Å². The van der Waals surface area contributed by atoms with Crippen LogP contribution in [0.25, 0.3) is 0 Å². The number of nitrogens with zero attached hydrogens (tertiary/aromatic N) is 1. The van der Waals surface area contributed by atoms with Crippen molar-refractivity contribution in [1.29, 1.82) is 0 Å². The van der Waals surface area contributed by atoms with Gasteiger partial charge in [0.05, 0.1) is 27.7 Å². The summed E-state index contributed by atoms with van der Waals surface area (Å²) in [6.45, 7) is 3.88. The predicted molar refractivity (Wildman–Crippen MR) is 187 cm³/mol. The molecule has 10 heteroatoms. The fraction of sp³-hybridized carbons (Fsp3) is 0.722. The molecule has 0 saturated carbocycles. The Bertz CT molecular complexity index is 939. The minimum absolute atomic E-state index is 0.0270. The highest BCUT2D eigenvalue weighted by Gasteiger charge is 2.27. The number of hydrogen-bond acceptors (Lipinski definition) is 7. The summed E-state index contributed by atoms with van der Waals surface area (Å²) in [4.78, 5) is 34.2. The molecule has 0 radical (unpaired) electrons. The van der Waals surface area contributed by atoms with Crippen LogP contribution in [-0.4, -0.2) is 74.9 Å². The Hall–Kier alpha value is -2.03. The second-order valence-corrected chi connectivity index (χ2v) is 14.0. The Morgan fingerprint density at radius 3 is 1.80 bits per heavy atom. The number of esters is 2. The molecule has 0 spiro atoms. The van der Waals surface area contributed by atoms with E-state index in [1.54, 1.807) is 0 Å². The lowest BCUT2D eigenvalue weighted by atomic mass is 10.1. The number of rotatable bonds is 30. The van der Waals surface area contributed by atoms with Gasteiger partial charge in [-0.1, -0.05) is 101 Å². The van der Waals surface area contributed by atoms with Crippen molar-refractivity contribution in [2.24, 2.45) is 0 Å². The molecular weight excluding hydrogens is 605 g/mol. The molecule has 0 bridgehead atoms. The van der Waals surface area contributed by atoms with E-state index < -0.39 is 32.5 Å². The Morgan fingerprint density at radius 2 is 1.24 bits per heavy atom. The molecule has 0 heterocycles. The maximum Gasteiger partial charge on any atom is 0.472 e. The molecule has 2 unspecified atom stereocenters. The number of phosphoric ester groups is 1. The van der Waals surface area contributed by atoms with Crippen LogP contribution in [0.4, 0.5) is 0 Å². The molecule has 9 nitrogen and oxygen atoms in total. The number of ether oxygens (including phenoxy) is 2. The standard InChI is InChI=1S/C36H64NO8P/c1-6-8-9-10-11-12-13-14-15-16-17-18-19-20-21-22-23-24-25-26-27-29-36(39)45-34(32-42-35(38)28-7-2)33-44-46(40,41)43-31-30-37(3,4)5/h8-9,11-12,14-15,17-18,34H,6-7,10,13,16,19-33H2,1-5H3/p+1/b9-8-,12-11-,15-14-,18-17-. The Morgan fingerprint density at radius 1 is 0.696 bits per heavy atom. The first kappa shape index (κ1) is 44.0. The fourth-order valence-corrected chi connectivity index (χ4v) is 4.90. The number of likely N-dealkylation sites (N-methyl/N-ethyl adjacent to an activating group) is 1. The summed E-state index contributed by atoms with van der Waals surface area (Å²) in [5.41, 5.74) is 0. The van der Waals surface area contributed by atoms with Crippen molar-refractivity contribution >= 4 is 19.8 Å². The number of quaternary nitrogens is 1. The average Bonchev–Trinajstić information content (AvgIpc) is 2.98. The van der Waals surface area contributed by atoms with Crippen molar-refractivity contribution in [2.45, 2.75) is 123 Å². The largest absolute Gasteiger partial charge is 0.472 e. The van der Waals surface area contributed by atoms with Gasteiger partial charge < -0.3 is 18.9 Å². The van der Waals surface area contributed by atoms with Gasteiger partial charge in [0.15, 0.2) is 6.10 Å². The molecule has 0 aromatic heterocycles. The molecule has 0 rings (SSSR count). The van der Waals surface area contributed by atoms with Gasteiger partial charge in [0.25, 0.3) is 0 Å². The summed E-state index contributed by atoms with van der Waals surface area (Å²) in [6, 6.07) is 0. The monoisotopic (exact) mass is 670 g/mol. The van der Waals surface area contributed by atoms with Crippen LogP contribution in [0.15, 0.2) is 48.6 Å². The van der Waals surface area contributed by atoms with Crippen LogP contribution in [0.5, 0.6) is 0 Å². The van der Waals surface area contributed by atoms with Crippen molar-refractivity contribution in [3.63, 3.8) is 0 Å². The van der Waals surface area contributed by atoms with Crippen molar-refractivity contribution in [1.82, 2.24) is 0 Å². The van der Waals surface area contributed by atoms with Crippen molar-refractivity contribution < 1.29 is 42.1 Å². The number of allylic oxidation sites excluding steroid dienone is 8. The Kier molecular flexibility index (Phi) is 27.8. The third kappa shape index (κ3) is 31.9. The highest BCUT2D eigenvalue weighted by Crippen LogP contribution is 2.43. The van der Waals surface area contributed by atoms with Crippen molar-refractivity contribution in [3.8, 4) is 0 Å². The number of carbonyl (C=O) groups excluding carboxylic acids is 2. The molecule has 0 aliphatic heterocycles. The summed E-state index contributed by atoms with van der Waals surface area (Å²) in [7, 11) is 1.45. The number of carbonyl (C=O) groups is 2. The second-order valence-electron chi connectivity index (χ2n) is 12.5. The summed E-state index contributed by atoms with van der Waals surface area (Å²) in [5, 5.41) is 0. The first-order chi connectivity index (χ1) is 22.0. The molecule has 0 aromatic rings. The number of phosphoric acid groups is 1. The Labute approximate surface area is 280 Å². The van der Waals surface area contributed by atoms with Crippen molar-refractivity contribution in [2.75, 3.05) is 47.5 Å². The first-order valence-corrected chi connectivity index (χ1v) is 18.9. The molecule has 0 amide bonds. The maximum absolute atomic E-state index is 12.4. The quantitative estimate of drug-likeness (QED) is 0.0266. The smallest absolute Gasteiger partial charge is 0.462 e. The van der Waals surface area contributed by atoms with Crippen LogP contribution in [0.2, 0.25) is 0 Å². The molecule has 0 fully saturated rings. The zero-order chi connectivity index (χ0) is 34.4. The molecule has 1 N–H and O–H groups in total. The molecule has 266 valence electrons. The number of unbranched alkanes of at least 4 members (excludes halogenated alkanes) is 8. The third-order valence-corrected chi connectivity index (χ3v) is 7.83. The van der Waals surface area contributed by atoms with Crippen LogP contribution in [0, 0.1) is 0 Å². The summed E-state index contributed by atoms with van der Waals surface area (Å²) >= 11 is 0. The Balaban J connectivity index is 4.08. The van der Waals surface area contributed by atoms with Crippen molar-refractivity contribution in [3.05, 3.63) is 48.6 Å². The maximum atomic E-state index is 12.4. The van der Waals surface area contributed by atoms with E-state index in [0.29, 0.717) is 23.9 Å². The zero-order valence-corrected chi connectivity index (χ0v) is 30.4. The highest BCUT2D eigenvalue weighted by molar-refractivity contribution is 7.47. The van der Waals surface area contributed by atoms with E-state index in [9.17, 15) is 19.0 Å². The van der Waals surface area contributed by atoms with E-state index in [-0.39, 0.29) is 26.1 Å². The molecule has 0 aliphatic carbocycles. The molecule has 2 atom stereocenters. The number of hydrogen-bond donors (Lipinski definition) is 1. The second kappa shape index (κ2) is 29.1. The highest BCUT2D eigenvalue weighted by atomic mass is 31.2. The lowest BCUT2D eigenvalue weighted by Gasteiger charge is -2.24. The first-order valence-electron chi connectivity index (χ1n) is 17.4. The van der Waals surface area contributed by atoms with E-state index in [1.807, 2.05) is 28.1 Å². The van der Waals surface area contributed by atoms with E-state index in [2.05, 4.69) is 55.5 Å². The van der Waals surface area contributed by atoms with Crippen LogP contribution in [0.3, 0.4) is 0 Å². The molecule has 0 aromatic carbocycles. The topological polar surface area (TPSA) is 108 Å². The zero-order valence-electron chi connectivity index (χ0n) is 29.5. The minimum atomic E-state index is -4.35. The molecule has 0 aliphatic rings. The summed E-state index contributed by atoms with van der Waals surface area (Å²) < 4.78 is 33.5. The van der Waals surface area contributed by atoms with Crippen LogP contribution >= 0.6 is 7.82 Å². The van der Waals surface area contributed by atoms with Gasteiger partial charge in [0.1, 0.15) is 19.8 Å². The van der Waals surface area contributed by atoms with Gasteiger partial charge in [0, 0.05) is 12.8 Å². The van der Waals surface area contributed by atoms with Gasteiger partial charge >= 0.3 is 19.8 Å². The predicted octanol–water partition coefficient (Wildman–Crippen LogP) is 8.79. The fourth-order valence-electron chi connectivity index (χ4n) is 4.16. The average molecular weight is 671 g/mol. The lowest BCUT2D eigenvalue weighted by Crippen LogP contribution is -2.37. The summed E-state index contributed by atoms with van der Waals surface area (Å²) in [6.07, 6.45) is 31.8. The van der Waals surface area contributed by atoms with Gasteiger partial charge in [0.2, 0.25) is 0 Å². The molecule has 46 heavy (non-hydrogen) atoms. The third-order valence-electron chi connectivity index (χ3n) is 6.84. The van der Waals surface area contributed by atoms with Gasteiger partial charge in [-0.25, -0.2) is 4.57 Å². The lowest BCUT2D eigenvalue weighted by molar-refractivity contribution is -0.870. The van der Waals surface area contributed by atoms with Crippen LogP contribution < -0.4 is 0 Å². The van der Waals surface area contributed by atoms with Gasteiger partial charge in [-0.2, -0.15) is 0 Å². The SMILES string of the molecule is CC/C=C\C/C=C\C/C=C\C/C=C\CCCCCCCCCCC(=O)OC(COC(=O)CCC)COP(=O)(O)OCC[N+](C)(C)C. The van der Waals surface area contributed by atoms with E-state index >= 15 is 0 Å². The summed E-state index contributed by atoms with van der Waals surface area (Å²) in [5.74, 6) is -0.876. The minimum Gasteiger partial charge on any atom is -0.462 e. The van der Waals surface area contributed by atoms with Gasteiger partial charge in [-0.3, -0.25) is 18.6 Å². The van der Waals surface area contributed by atoms with Crippen LogP contribution in [0.1, 0.15) is 117 Å². The van der Waals surface area contributed by atoms with E-state index in [4.69, 9.17) is 18.5 Å². The molecular formula is C36H65NO8P+. The normalized spacial score (nSPS) is 14.5. The molecule has 0 saturated heterocycles. The van der Waals surface area contributed by atoms with Gasteiger partial charge in [-0.15, -0.1) is 0 Å². The van der Waals surface area contributed by atoms with E-state index in [1.165, 1.54) is 25.7 Å². The van der Waals surface area contributed by atoms with E-state index in [0.717, 1.165) is 51.4 Å². The van der Waals surface area contributed by atoms with Gasteiger partial charge in [-0.05, 0) is 51.4 Å².